The molecule has 2 aliphatic rings. The van der Waals surface area contributed by atoms with Gasteiger partial charge in [0.05, 0.1) is 0 Å². The van der Waals surface area contributed by atoms with E-state index >= 15 is 0 Å². The first-order valence-corrected chi connectivity index (χ1v) is 11.9. The SMILES string of the molecule is CCN(C)C(=O)NC1CC(C(C)CN2CCN(c3cccc4sccc34)CC2)C1. The van der Waals surface area contributed by atoms with Gasteiger partial charge in [-0.2, -0.15) is 0 Å². The summed E-state index contributed by atoms with van der Waals surface area (Å²) in [4.78, 5) is 18.9. The van der Waals surface area contributed by atoms with E-state index in [9.17, 15) is 4.79 Å². The minimum absolute atomic E-state index is 0.0698. The zero-order valence-corrected chi connectivity index (χ0v) is 18.8. The van der Waals surface area contributed by atoms with Crippen LogP contribution < -0.4 is 10.2 Å². The van der Waals surface area contributed by atoms with E-state index in [1.165, 1.54) is 22.3 Å². The van der Waals surface area contributed by atoms with Crippen LogP contribution in [-0.2, 0) is 0 Å². The molecule has 1 aliphatic carbocycles. The van der Waals surface area contributed by atoms with Gasteiger partial charge in [-0.3, -0.25) is 4.90 Å². The lowest BCUT2D eigenvalue weighted by molar-refractivity contribution is 0.115. The maximum Gasteiger partial charge on any atom is 0.317 e. The van der Waals surface area contributed by atoms with E-state index < -0.39 is 0 Å². The van der Waals surface area contributed by atoms with Crippen molar-refractivity contribution in [3.8, 4) is 0 Å². The second-order valence-electron chi connectivity index (χ2n) is 8.77. The number of hydrogen-bond acceptors (Lipinski definition) is 4. The summed E-state index contributed by atoms with van der Waals surface area (Å²) in [6, 6.07) is 9.37. The topological polar surface area (TPSA) is 38.8 Å². The molecular weight excluding hydrogens is 380 g/mol. The van der Waals surface area contributed by atoms with E-state index in [-0.39, 0.29) is 6.03 Å². The summed E-state index contributed by atoms with van der Waals surface area (Å²) in [5.41, 5.74) is 1.39. The highest BCUT2D eigenvalue weighted by molar-refractivity contribution is 7.17. The number of hydrogen-bond donors (Lipinski definition) is 1. The molecule has 1 aromatic carbocycles. The number of thiophene rings is 1. The number of amides is 2. The van der Waals surface area contributed by atoms with Crippen LogP contribution in [0.1, 0.15) is 26.7 Å². The molecule has 6 heteroatoms. The Bertz CT molecular complexity index is 823. The smallest absolute Gasteiger partial charge is 0.317 e. The molecule has 0 spiro atoms. The molecule has 29 heavy (non-hydrogen) atoms. The minimum atomic E-state index is 0.0698. The van der Waals surface area contributed by atoms with Gasteiger partial charge >= 0.3 is 6.03 Å². The first-order chi connectivity index (χ1) is 14.0. The van der Waals surface area contributed by atoms with Crippen LogP contribution in [0.2, 0.25) is 0 Å². The number of urea groups is 1. The summed E-state index contributed by atoms with van der Waals surface area (Å²) < 4.78 is 1.38. The van der Waals surface area contributed by atoms with Gasteiger partial charge in [-0.25, -0.2) is 4.79 Å². The van der Waals surface area contributed by atoms with Crippen molar-refractivity contribution in [3.63, 3.8) is 0 Å². The van der Waals surface area contributed by atoms with Gasteiger partial charge < -0.3 is 15.1 Å². The molecule has 1 N–H and O–H groups in total. The van der Waals surface area contributed by atoms with Gasteiger partial charge in [0.25, 0.3) is 0 Å². The van der Waals surface area contributed by atoms with E-state index in [0.717, 1.165) is 51.5 Å². The maximum atomic E-state index is 12.0. The third-order valence-corrected chi connectivity index (χ3v) is 7.74. The zero-order chi connectivity index (χ0) is 20.4. The average Bonchev–Trinajstić information content (AvgIpc) is 3.19. The Morgan fingerprint density at radius 3 is 2.72 bits per heavy atom. The zero-order valence-electron chi connectivity index (χ0n) is 17.9. The summed E-state index contributed by atoms with van der Waals surface area (Å²) in [5.74, 6) is 1.43. The molecule has 5 nitrogen and oxygen atoms in total. The summed E-state index contributed by atoms with van der Waals surface area (Å²) in [6.07, 6.45) is 2.26. The predicted molar refractivity (Wildman–Crippen MR) is 123 cm³/mol. The van der Waals surface area contributed by atoms with E-state index in [2.05, 4.69) is 51.7 Å². The van der Waals surface area contributed by atoms with Crippen molar-refractivity contribution < 1.29 is 4.79 Å². The van der Waals surface area contributed by atoms with E-state index in [0.29, 0.717) is 12.0 Å². The van der Waals surface area contributed by atoms with Crippen LogP contribution in [0.4, 0.5) is 10.5 Å². The number of nitrogens with zero attached hydrogens (tertiary/aromatic N) is 3. The number of anilines is 1. The van der Waals surface area contributed by atoms with Gasteiger partial charge in [0, 0.05) is 68.1 Å². The van der Waals surface area contributed by atoms with Crippen LogP contribution in [0, 0.1) is 11.8 Å². The van der Waals surface area contributed by atoms with Crippen LogP contribution >= 0.6 is 11.3 Å². The number of piperazine rings is 1. The fourth-order valence-corrected chi connectivity index (χ4v) is 5.46. The molecule has 0 bridgehead atoms. The highest BCUT2D eigenvalue weighted by atomic mass is 32.1. The lowest BCUT2D eigenvalue weighted by Crippen LogP contribution is -2.52. The van der Waals surface area contributed by atoms with Crippen LogP contribution in [0.5, 0.6) is 0 Å². The first-order valence-electron chi connectivity index (χ1n) is 11.0. The van der Waals surface area contributed by atoms with Gasteiger partial charge in [-0.15, -0.1) is 11.3 Å². The van der Waals surface area contributed by atoms with E-state index in [1.54, 1.807) is 4.90 Å². The van der Waals surface area contributed by atoms with Gasteiger partial charge in [-0.1, -0.05) is 13.0 Å². The minimum Gasteiger partial charge on any atom is -0.368 e. The third-order valence-electron chi connectivity index (χ3n) is 6.86. The number of rotatable bonds is 6. The number of benzene rings is 1. The summed E-state index contributed by atoms with van der Waals surface area (Å²) in [7, 11) is 1.85. The largest absolute Gasteiger partial charge is 0.368 e. The van der Waals surface area contributed by atoms with Crippen molar-refractivity contribution >= 4 is 33.1 Å². The lowest BCUT2D eigenvalue weighted by Gasteiger charge is -2.43. The Morgan fingerprint density at radius 1 is 1.24 bits per heavy atom. The van der Waals surface area contributed by atoms with Crippen molar-refractivity contribution in [2.75, 3.05) is 51.2 Å². The van der Waals surface area contributed by atoms with Crippen molar-refractivity contribution in [2.24, 2.45) is 11.8 Å². The van der Waals surface area contributed by atoms with Crippen LogP contribution in [-0.4, -0.2) is 68.2 Å². The standard InChI is InChI=1S/C23H34N4OS/c1-4-25(3)23(28)24-19-14-18(15-19)17(2)16-26-9-11-27(12-10-26)21-6-5-7-22-20(21)8-13-29-22/h5-8,13,17-19H,4,9-12,14-16H2,1-3H3,(H,24,28). The average molecular weight is 415 g/mol. The molecule has 2 fully saturated rings. The Hall–Kier alpha value is -1.79. The molecule has 2 heterocycles. The Balaban J connectivity index is 1.21. The second-order valence-corrected chi connectivity index (χ2v) is 9.71. The molecule has 1 saturated heterocycles. The fourth-order valence-electron chi connectivity index (χ4n) is 4.65. The third kappa shape index (κ3) is 4.53. The molecule has 158 valence electrons. The van der Waals surface area contributed by atoms with Crippen LogP contribution in [0.25, 0.3) is 10.1 Å². The quantitative estimate of drug-likeness (QED) is 0.773. The lowest BCUT2D eigenvalue weighted by atomic mass is 9.73. The van der Waals surface area contributed by atoms with Gasteiger partial charge in [0.2, 0.25) is 0 Å². The van der Waals surface area contributed by atoms with Gasteiger partial charge in [0.15, 0.2) is 0 Å². The number of carbonyl (C=O) groups excluding carboxylic acids is 1. The molecule has 4 rings (SSSR count). The van der Waals surface area contributed by atoms with Crippen molar-refractivity contribution in [1.29, 1.82) is 0 Å². The van der Waals surface area contributed by atoms with Crippen LogP contribution in [0.15, 0.2) is 29.6 Å². The first kappa shape index (κ1) is 20.5. The molecule has 2 aromatic rings. The molecule has 1 aliphatic heterocycles. The number of nitrogens with one attached hydrogen (secondary N) is 1. The van der Waals surface area contributed by atoms with Gasteiger partial charge in [0.1, 0.15) is 0 Å². The summed E-state index contributed by atoms with van der Waals surface area (Å²) in [6.45, 7) is 10.8. The molecule has 0 radical (unpaired) electrons. The van der Waals surface area contributed by atoms with Crippen molar-refractivity contribution in [2.45, 2.75) is 32.7 Å². The van der Waals surface area contributed by atoms with Gasteiger partial charge in [-0.05, 0) is 55.2 Å². The highest BCUT2D eigenvalue weighted by Crippen LogP contribution is 2.35. The summed E-state index contributed by atoms with van der Waals surface area (Å²) in [5, 5.41) is 6.75. The van der Waals surface area contributed by atoms with Crippen molar-refractivity contribution in [1.82, 2.24) is 15.1 Å². The molecule has 1 saturated carbocycles. The van der Waals surface area contributed by atoms with Crippen molar-refractivity contribution in [3.05, 3.63) is 29.6 Å². The summed E-state index contributed by atoms with van der Waals surface area (Å²) >= 11 is 1.83. The Kier molecular flexibility index (Phi) is 6.30. The van der Waals surface area contributed by atoms with E-state index in [1.807, 2.05) is 25.3 Å². The molecule has 1 aromatic heterocycles. The number of carbonyl (C=O) groups is 1. The highest BCUT2D eigenvalue weighted by Gasteiger charge is 2.35. The molecule has 1 unspecified atom stereocenters. The predicted octanol–water partition coefficient (Wildman–Crippen LogP) is 4.10. The fraction of sp³-hybridized carbons (Fsp3) is 0.609. The Labute approximate surface area is 178 Å². The second kappa shape index (κ2) is 8.92. The maximum absolute atomic E-state index is 12.0. The molecule has 1 atom stereocenters. The molecule has 2 amide bonds. The van der Waals surface area contributed by atoms with E-state index in [4.69, 9.17) is 0 Å². The van der Waals surface area contributed by atoms with Crippen LogP contribution in [0.3, 0.4) is 0 Å². The normalized spacial score (nSPS) is 23.6. The monoisotopic (exact) mass is 414 g/mol. The number of fused-ring (bicyclic) bond motifs is 1. The molecular formula is C23H34N4OS. The Morgan fingerprint density at radius 2 is 2.00 bits per heavy atom.